The van der Waals surface area contributed by atoms with E-state index >= 15 is 0 Å². The first-order valence-electron chi connectivity index (χ1n) is 8.14. The highest BCUT2D eigenvalue weighted by atomic mass is 35.5. The zero-order chi connectivity index (χ0) is 19.8. The Kier molecular flexibility index (Phi) is 7.88. The lowest BCUT2D eigenvalue weighted by Crippen LogP contribution is -2.21. The molecular formula is C19H18Cl2FNO4. The van der Waals surface area contributed by atoms with Gasteiger partial charge in [-0.15, -0.1) is 0 Å². The van der Waals surface area contributed by atoms with Crippen LogP contribution in [-0.2, 0) is 14.3 Å². The standard InChI is InChI=1S/C19H18Cl2FNO4/c1-12-9-14(5-6-15(12)20)26-8-2-3-19(25)27-11-18(24)23-13-4-7-17(22)16(21)10-13/h4-7,9-10H,2-3,8,11H2,1H3,(H,23,24). The fourth-order valence-electron chi connectivity index (χ4n) is 2.10. The van der Waals surface area contributed by atoms with Crippen molar-refractivity contribution in [2.24, 2.45) is 0 Å². The quantitative estimate of drug-likeness (QED) is 0.499. The third-order valence-corrected chi connectivity index (χ3v) is 4.20. The van der Waals surface area contributed by atoms with Crippen molar-refractivity contribution in [2.45, 2.75) is 19.8 Å². The average Bonchev–Trinajstić information content (AvgIpc) is 2.63. The number of anilines is 1. The summed E-state index contributed by atoms with van der Waals surface area (Å²) in [7, 11) is 0. The van der Waals surface area contributed by atoms with Gasteiger partial charge in [0.05, 0.1) is 11.6 Å². The summed E-state index contributed by atoms with van der Waals surface area (Å²) in [5.41, 5.74) is 1.22. The highest BCUT2D eigenvalue weighted by molar-refractivity contribution is 6.31. The minimum absolute atomic E-state index is 0.110. The molecule has 5 nitrogen and oxygen atoms in total. The molecule has 0 aliphatic heterocycles. The summed E-state index contributed by atoms with van der Waals surface area (Å²) in [5.74, 6) is -0.975. The zero-order valence-corrected chi connectivity index (χ0v) is 16.1. The van der Waals surface area contributed by atoms with Gasteiger partial charge in [0.25, 0.3) is 5.91 Å². The molecule has 0 spiro atoms. The maximum atomic E-state index is 13.1. The summed E-state index contributed by atoms with van der Waals surface area (Å²) >= 11 is 11.6. The van der Waals surface area contributed by atoms with Crippen LogP contribution in [0, 0.1) is 12.7 Å². The van der Waals surface area contributed by atoms with Gasteiger partial charge in [-0.25, -0.2) is 4.39 Å². The number of benzene rings is 2. The van der Waals surface area contributed by atoms with Crippen molar-refractivity contribution in [2.75, 3.05) is 18.5 Å². The molecule has 8 heteroatoms. The van der Waals surface area contributed by atoms with Gasteiger partial charge in [-0.05, 0) is 55.3 Å². The van der Waals surface area contributed by atoms with Crippen LogP contribution in [-0.4, -0.2) is 25.1 Å². The maximum absolute atomic E-state index is 13.1. The molecule has 27 heavy (non-hydrogen) atoms. The van der Waals surface area contributed by atoms with Gasteiger partial charge in [-0.3, -0.25) is 9.59 Å². The molecule has 0 bridgehead atoms. The van der Waals surface area contributed by atoms with Gasteiger partial charge in [0.2, 0.25) is 0 Å². The number of nitrogens with one attached hydrogen (secondary N) is 1. The smallest absolute Gasteiger partial charge is 0.306 e. The molecule has 1 N–H and O–H groups in total. The Morgan fingerprint density at radius 3 is 2.59 bits per heavy atom. The minimum atomic E-state index is -0.586. The summed E-state index contributed by atoms with van der Waals surface area (Å²) in [6.07, 6.45) is 0.553. The second-order valence-corrected chi connectivity index (χ2v) is 6.52. The molecule has 0 heterocycles. The lowest BCUT2D eigenvalue weighted by molar-refractivity contribution is -0.147. The van der Waals surface area contributed by atoms with Crippen LogP contribution in [0.4, 0.5) is 10.1 Å². The first-order chi connectivity index (χ1) is 12.8. The summed E-state index contributed by atoms with van der Waals surface area (Å²) in [6.45, 7) is 1.76. The maximum Gasteiger partial charge on any atom is 0.306 e. The zero-order valence-electron chi connectivity index (χ0n) is 14.6. The normalized spacial score (nSPS) is 10.4. The summed E-state index contributed by atoms with van der Waals surface area (Å²) in [6, 6.07) is 9.06. The van der Waals surface area contributed by atoms with Gasteiger partial charge < -0.3 is 14.8 Å². The molecule has 2 aromatic carbocycles. The topological polar surface area (TPSA) is 64.6 Å². The van der Waals surface area contributed by atoms with E-state index in [2.05, 4.69) is 5.32 Å². The number of carbonyl (C=O) groups is 2. The lowest BCUT2D eigenvalue weighted by Gasteiger charge is -2.09. The van der Waals surface area contributed by atoms with Crippen molar-refractivity contribution < 1.29 is 23.5 Å². The molecule has 0 aliphatic carbocycles. The van der Waals surface area contributed by atoms with Gasteiger partial charge in [0.15, 0.2) is 6.61 Å². The van der Waals surface area contributed by atoms with Crippen molar-refractivity contribution in [3.05, 3.63) is 57.8 Å². The number of aryl methyl sites for hydroxylation is 1. The Morgan fingerprint density at radius 1 is 1.11 bits per heavy atom. The molecule has 144 valence electrons. The molecule has 0 aromatic heterocycles. The number of esters is 1. The number of rotatable bonds is 8. The molecule has 0 saturated carbocycles. The van der Waals surface area contributed by atoms with E-state index in [0.29, 0.717) is 29.5 Å². The second-order valence-electron chi connectivity index (χ2n) is 5.70. The van der Waals surface area contributed by atoms with E-state index in [1.807, 2.05) is 13.0 Å². The summed E-state index contributed by atoms with van der Waals surface area (Å²) in [4.78, 5) is 23.4. The van der Waals surface area contributed by atoms with Crippen molar-refractivity contribution >= 4 is 40.8 Å². The fourth-order valence-corrected chi connectivity index (χ4v) is 2.40. The van der Waals surface area contributed by atoms with Crippen LogP contribution in [0.5, 0.6) is 5.75 Å². The lowest BCUT2D eigenvalue weighted by atomic mass is 10.2. The number of halogens is 3. The van der Waals surface area contributed by atoms with Crippen LogP contribution in [0.2, 0.25) is 10.0 Å². The fraction of sp³-hybridized carbons (Fsp3) is 0.263. The Balaban J connectivity index is 1.64. The Hall–Kier alpha value is -2.31. The average molecular weight is 414 g/mol. The van der Waals surface area contributed by atoms with Gasteiger partial charge in [0.1, 0.15) is 11.6 Å². The van der Waals surface area contributed by atoms with E-state index in [1.165, 1.54) is 12.1 Å². The van der Waals surface area contributed by atoms with Crippen LogP contribution in [0.15, 0.2) is 36.4 Å². The van der Waals surface area contributed by atoms with Crippen molar-refractivity contribution in [1.82, 2.24) is 0 Å². The minimum Gasteiger partial charge on any atom is -0.494 e. The van der Waals surface area contributed by atoms with E-state index in [-0.39, 0.29) is 11.4 Å². The van der Waals surface area contributed by atoms with E-state index in [4.69, 9.17) is 32.7 Å². The molecule has 0 atom stereocenters. The number of hydrogen-bond donors (Lipinski definition) is 1. The van der Waals surface area contributed by atoms with E-state index in [9.17, 15) is 14.0 Å². The van der Waals surface area contributed by atoms with Gasteiger partial charge in [-0.2, -0.15) is 0 Å². The molecule has 0 unspecified atom stereocenters. The SMILES string of the molecule is Cc1cc(OCCCC(=O)OCC(=O)Nc2ccc(F)c(Cl)c2)ccc1Cl. The molecule has 0 radical (unpaired) electrons. The van der Waals surface area contributed by atoms with Crippen LogP contribution in [0.3, 0.4) is 0 Å². The highest BCUT2D eigenvalue weighted by Gasteiger charge is 2.09. The summed E-state index contributed by atoms with van der Waals surface area (Å²) < 4.78 is 23.5. The molecule has 2 aromatic rings. The number of ether oxygens (including phenoxy) is 2. The van der Waals surface area contributed by atoms with Crippen LogP contribution < -0.4 is 10.1 Å². The van der Waals surface area contributed by atoms with Crippen LogP contribution in [0.1, 0.15) is 18.4 Å². The molecule has 0 saturated heterocycles. The first kappa shape index (κ1) is 21.0. The molecular weight excluding hydrogens is 396 g/mol. The van der Waals surface area contributed by atoms with Gasteiger partial charge in [-0.1, -0.05) is 23.2 Å². The Labute approximate surface area is 166 Å². The van der Waals surface area contributed by atoms with E-state index in [0.717, 1.165) is 11.6 Å². The number of amides is 1. The number of carbonyl (C=O) groups excluding carboxylic acids is 2. The highest BCUT2D eigenvalue weighted by Crippen LogP contribution is 2.21. The van der Waals surface area contributed by atoms with Crippen LogP contribution >= 0.6 is 23.2 Å². The van der Waals surface area contributed by atoms with E-state index in [1.54, 1.807) is 12.1 Å². The molecule has 0 fully saturated rings. The second kappa shape index (κ2) is 10.1. The molecule has 2 rings (SSSR count). The van der Waals surface area contributed by atoms with Gasteiger partial charge in [0, 0.05) is 17.1 Å². The van der Waals surface area contributed by atoms with Crippen molar-refractivity contribution in [1.29, 1.82) is 0 Å². The first-order valence-corrected chi connectivity index (χ1v) is 8.90. The third-order valence-electron chi connectivity index (χ3n) is 3.49. The predicted octanol–water partition coefficient (Wildman–Crippen LogP) is 4.78. The van der Waals surface area contributed by atoms with Crippen molar-refractivity contribution in [3.63, 3.8) is 0 Å². The Bertz CT molecular complexity index is 829. The summed E-state index contributed by atoms with van der Waals surface area (Å²) in [5, 5.41) is 3.01. The molecule has 0 aliphatic rings. The third kappa shape index (κ3) is 7.07. The van der Waals surface area contributed by atoms with Crippen molar-refractivity contribution in [3.8, 4) is 5.75 Å². The Morgan fingerprint density at radius 2 is 1.89 bits per heavy atom. The van der Waals surface area contributed by atoms with E-state index < -0.39 is 24.3 Å². The molecule has 1 amide bonds. The van der Waals surface area contributed by atoms with Gasteiger partial charge >= 0.3 is 5.97 Å². The predicted molar refractivity (Wildman–Crippen MR) is 102 cm³/mol. The monoisotopic (exact) mass is 413 g/mol. The number of hydrogen-bond acceptors (Lipinski definition) is 4. The van der Waals surface area contributed by atoms with Crippen LogP contribution in [0.25, 0.3) is 0 Å². The largest absolute Gasteiger partial charge is 0.494 e.